The van der Waals surface area contributed by atoms with Gasteiger partial charge in [0.2, 0.25) is 0 Å². The van der Waals surface area contributed by atoms with Gasteiger partial charge >= 0.3 is 0 Å². The van der Waals surface area contributed by atoms with Crippen LogP contribution in [0.25, 0.3) is 0 Å². The van der Waals surface area contributed by atoms with Crippen molar-refractivity contribution in [2.24, 2.45) is 5.92 Å². The van der Waals surface area contributed by atoms with Crippen LogP contribution in [0, 0.1) is 5.92 Å². The Balaban J connectivity index is 1.81. The highest BCUT2D eigenvalue weighted by atomic mass is 32.2. The molecule has 2 atom stereocenters. The molecule has 0 aromatic rings. The van der Waals surface area contributed by atoms with Crippen molar-refractivity contribution < 1.29 is 8.42 Å². The van der Waals surface area contributed by atoms with Gasteiger partial charge in [-0.15, -0.1) is 0 Å². The molecular formula is C14H29N3O2S. The van der Waals surface area contributed by atoms with E-state index >= 15 is 0 Å². The molecule has 2 aliphatic heterocycles. The van der Waals surface area contributed by atoms with Crippen LogP contribution in [0.4, 0.5) is 0 Å². The van der Waals surface area contributed by atoms with Gasteiger partial charge in [0.15, 0.2) is 0 Å². The van der Waals surface area contributed by atoms with E-state index < -0.39 is 10.2 Å². The summed E-state index contributed by atoms with van der Waals surface area (Å²) in [5, 5.41) is 0. The standard InChI is InChI=1S/C14H29N3O2S/c1-13-7-6-8-16(12-13)14(2)11-15-20(18,19)17-9-4-3-5-10-17/h13-15H,3-12H2,1-2H3/t13-,14-/m1/s1. The maximum atomic E-state index is 12.2. The van der Waals surface area contributed by atoms with Crippen LogP contribution in [0.1, 0.15) is 46.0 Å². The van der Waals surface area contributed by atoms with Crippen molar-refractivity contribution in [1.82, 2.24) is 13.9 Å². The van der Waals surface area contributed by atoms with Crippen LogP contribution >= 0.6 is 0 Å². The van der Waals surface area contributed by atoms with E-state index in [4.69, 9.17) is 0 Å². The summed E-state index contributed by atoms with van der Waals surface area (Å²) < 4.78 is 28.9. The van der Waals surface area contributed by atoms with Gasteiger partial charge in [-0.3, -0.25) is 4.90 Å². The number of piperidine rings is 2. The third-order valence-electron chi connectivity index (χ3n) is 4.53. The lowest BCUT2D eigenvalue weighted by molar-refractivity contribution is 0.139. The van der Waals surface area contributed by atoms with Crippen LogP contribution in [-0.2, 0) is 10.2 Å². The molecule has 0 aliphatic carbocycles. The summed E-state index contributed by atoms with van der Waals surface area (Å²) in [5.74, 6) is 0.727. The zero-order valence-corrected chi connectivity index (χ0v) is 13.7. The molecule has 2 aliphatic rings. The first-order chi connectivity index (χ1) is 9.49. The molecule has 0 spiro atoms. The van der Waals surface area contributed by atoms with Gasteiger partial charge in [-0.1, -0.05) is 13.3 Å². The topological polar surface area (TPSA) is 52.7 Å². The lowest BCUT2D eigenvalue weighted by Crippen LogP contribution is -2.50. The third kappa shape index (κ3) is 4.41. The molecule has 5 nitrogen and oxygen atoms in total. The normalized spacial score (nSPS) is 28.4. The van der Waals surface area contributed by atoms with Gasteiger partial charge in [-0.05, 0) is 45.1 Å². The molecule has 2 heterocycles. The molecule has 6 heteroatoms. The Morgan fingerprint density at radius 1 is 1.15 bits per heavy atom. The highest BCUT2D eigenvalue weighted by molar-refractivity contribution is 7.87. The highest BCUT2D eigenvalue weighted by Gasteiger charge is 2.26. The maximum absolute atomic E-state index is 12.2. The molecule has 0 unspecified atom stereocenters. The SMILES string of the molecule is C[C@@H]1CCCN([C@H](C)CNS(=O)(=O)N2CCCCC2)C1. The van der Waals surface area contributed by atoms with Crippen LogP contribution in [0.15, 0.2) is 0 Å². The molecule has 2 saturated heterocycles. The molecule has 0 amide bonds. The fraction of sp³-hybridized carbons (Fsp3) is 1.00. The predicted molar refractivity (Wildman–Crippen MR) is 81.8 cm³/mol. The molecule has 0 radical (unpaired) electrons. The van der Waals surface area contributed by atoms with E-state index in [-0.39, 0.29) is 6.04 Å². The molecule has 118 valence electrons. The molecule has 0 bridgehead atoms. The smallest absolute Gasteiger partial charge is 0.279 e. The molecule has 0 aromatic carbocycles. The van der Waals surface area contributed by atoms with E-state index in [2.05, 4.69) is 23.5 Å². The molecule has 0 aromatic heterocycles. The van der Waals surface area contributed by atoms with Crippen molar-refractivity contribution in [2.75, 3.05) is 32.7 Å². The summed E-state index contributed by atoms with van der Waals surface area (Å²) in [6.07, 6.45) is 5.64. The Bertz CT molecular complexity index is 393. The van der Waals surface area contributed by atoms with Crippen LogP contribution < -0.4 is 4.72 Å². The van der Waals surface area contributed by atoms with Crippen LogP contribution in [-0.4, -0.2) is 56.4 Å². The first kappa shape index (κ1) is 16.2. The summed E-state index contributed by atoms with van der Waals surface area (Å²) in [4.78, 5) is 2.41. The van der Waals surface area contributed by atoms with Crippen molar-refractivity contribution in [3.05, 3.63) is 0 Å². The number of nitrogens with zero attached hydrogens (tertiary/aromatic N) is 2. The zero-order valence-electron chi connectivity index (χ0n) is 12.8. The monoisotopic (exact) mass is 303 g/mol. The Morgan fingerprint density at radius 2 is 1.85 bits per heavy atom. The van der Waals surface area contributed by atoms with Gasteiger partial charge in [-0.25, -0.2) is 4.72 Å². The van der Waals surface area contributed by atoms with Crippen LogP contribution in [0.3, 0.4) is 0 Å². The number of hydrogen-bond donors (Lipinski definition) is 1. The van der Waals surface area contributed by atoms with Crippen molar-refractivity contribution in [3.8, 4) is 0 Å². The van der Waals surface area contributed by atoms with Crippen LogP contribution in [0.5, 0.6) is 0 Å². The first-order valence-electron chi connectivity index (χ1n) is 7.98. The van der Waals surface area contributed by atoms with Crippen molar-refractivity contribution in [3.63, 3.8) is 0 Å². The lowest BCUT2D eigenvalue weighted by Gasteiger charge is -2.36. The quantitative estimate of drug-likeness (QED) is 0.836. The van der Waals surface area contributed by atoms with Gasteiger partial charge < -0.3 is 0 Å². The Hall–Kier alpha value is -0.170. The molecular weight excluding hydrogens is 274 g/mol. The number of hydrogen-bond acceptors (Lipinski definition) is 3. The number of nitrogens with one attached hydrogen (secondary N) is 1. The fourth-order valence-corrected chi connectivity index (χ4v) is 4.55. The number of likely N-dealkylation sites (tertiary alicyclic amines) is 1. The second-order valence-electron chi connectivity index (χ2n) is 6.40. The van der Waals surface area contributed by atoms with E-state index in [9.17, 15) is 8.42 Å². The minimum Gasteiger partial charge on any atom is -0.299 e. The molecule has 0 saturated carbocycles. The summed E-state index contributed by atoms with van der Waals surface area (Å²) in [6.45, 7) is 8.44. The van der Waals surface area contributed by atoms with E-state index in [0.717, 1.165) is 38.3 Å². The fourth-order valence-electron chi connectivity index (χ4n) is 3.18. The van der Waals surface area contributed by atoms with Crippen molar-refractivity contribution >= 4 is 10.2 Å². The predicted octanol–water partition coefficient (Wildman–Crippen LogP) is 1.43. The van der Waals surface area contributed by atoms with Crippen molar-refractivity contribution in [1.29, 1.82) is 0 Å². The van der Waals surface area contributed by atoms with Crippen molar-refractivity contribution in [2.45, 2.75) is 52.0 Å². The van der Waals surface area contributed by atoms with Gasteiger partial charge in [0.1, 0.15) is 0 Å². The first-order valence-corrected chi connectivity index (χ1v) is 9.42. The molecule has 1 N–H and O–H groups in total. The van der Waals surface area contributed by atoms with E-state index in [0.29, 0.717) is 19.6 Å². The second kappa shape index (κ2) is 7.20. The summed E-state index contributed by atoms with van der Waals surface area (Å²) >= 11 is 0. The molecule has 20 heavy (non-hydrogen) atoms. The lowest BCUT2D eigenvalue weighted by atomic mass is 9.99. The second-order valence-corrected chi connectivity index (χ2v) is 8.16. The minimum atomic E-state index is -3.27. The Labute approximate surface area is 123 Å². The Kier molecular flexibility index (Phi) is 5.84. The average Bonchev–Trinajstić information content (AvgIpc) is 2.46. The van der Waals surface area contributed by atoms with Crippen LogP contribution in [0.2, 0.25) is 0 Å². The van der Waals surface area contributed by atoms with Gasteiger partial charge in [0, 0.05) is 32.2 Å². The van der Waals surface area contributed by atoms with E-state index in [1.807, 2.05) is 0 Å². The highest BCUT2D eigenvalue weighted by Crippen LogP contribution is 2.18. The molecule has 2 fully saturated rings. The summed E-state index contributed by atoms with van der Waals surface area (Å²) in [6, 6.07) is 0.275. The van der Waals surface area contributed by atoms with Gasteiger partial charge in [0.25, 0.3) is 10.2 Å². The molecule has 2 rings (SSSR count). The average molecular weight is 303 g/mol. The third-order valence-corrected chi connectivity index (χ3v) is 6.10. The van der Waals surface area contributed by atoms with E-state index in [1.165, 1.54) is 12.8 Å². The maximum Gasteiger partial charge on any atom is 0.279 e. The largest absolute Gasteiger partial charge is 0.299 e. The minimum absolute atomic E-state index is 0.275. The van der Waals surface area contributed by atoms with E-state index in [1.54, 1.807) is 4.31 Å². The Morgan fingerprint density at radius 3 is 2.50 bits per heavy atom. The van der Waals surface area contributed by atoms with Gasteiger partial charge in [-0.2, -0.15) is 12.7 Å². The zero-order chi connectivity index (χ0) is 14.6. The summed E-state index contributed by atoms with van der Waals surface area (Å²) in [7, 11) is -3.27. The summed E-state index contributed by atoms with van der Waals surface area (Å²) in [5.41, 5.74) is 0. The van der Waals surface area contributed by atoms with Gasteiger partial charge in [0.05, 0.1) is 0 Å². The number of rotatable bonds is 5.